The van der Waals surface area contributed by atoms with Gasteiger partial charge >= 0.3 is 0 Å². The second kappa shape index (κ2) is 12.5. The van der Waals surface area contributed by atoms with E-state index in [0.29, 0.717) is 17.7 Å². The van der Waals surface area contributed by atoms with Gasteiger partial charge in [-0.05, 0) is 50.5 Å². The molecule has 176 valence electrons. The highest BCUT2D eigenvalue weighted by atomic mass is 16.3. The monoisotopic (exact) mass is 451 g/mol. The molecule has 0 spiro atoms. The average Bonchev–Trinajstić information content (AvgIpc) is 2.82. The molecule has 1 aromatic heterocycles. The summed E-state index contributed by atoms with van der Waals surface area (Å²) in [4.78, 5) is 27.2. The van der Waals surface area contributed by atoms with Gasteiger partial charge in [-0.25, -0.2) is 0 Å². The number of azo groups is 1. The summed E-state index contributed by atoms with van der Waals surface area (Å²) in [6.07, 6.45) is 4.60. The number of nitriles is 1. The van der Waals surface area contributed by atoms with Crippen LogP contribution in [0.4, 0.5) is 11.4 Å². The van der Waals surface area contributed by atoms with Crippen LogP contribution in [0.2, 0.25) is 0 Å². The molecule has 2 rings (SSSR count). The van der Waals surface area contributed by atoms with E-state index >= 15 is 0 Å². The molecule has 1 amide bonds. The molecule has 0 saturated heterocycles. The number of benzene rings is 1. The van der Waals surface area contributed by atoms with Crippen LogP contribution < -0.4 is 5.56 Å². The molecular weight excluding hydrogens is 418 g/mol. The molecule has 1 heterocycles. The van der Waals surface area contributed by atoms with Gasteiger partial charge in [0.2, 0.25) is 5.88 Å². The minimum atomic E-state index is -0.535. The predicted molar refractivity (Wildman–Crippen MR) is 128 cm³/mol. The lowest BCUT2D eigenvalue weighted by Gasteiger charge is -2.22. The van der Waals surface area contributed by atoms with Gasteiger partial charge in [-0.3, -0.25) is 14.2 Å². The number of nitrogens with zero attached hydrogens (tertiary/aromatic N) is 5. The van der Waals surface area contributed by atoms with E-state index in [4.69, 9.17) is 0 Å². The molecule has 0 aliphatic rings. The first-order valence-corrected chi connectivity index (χ1v) is 11.6. The number of carbonyl (C=O) groups excluding carboxylic acids is 1. The number of aromatic nitrogens is 1. The number of hydrogen-bond acceptors (Lipinski definition) is 6. The molecule has 8 nitrogen and oxygen atoms in total. The summed E-state index contributed by atoms with van der Waals surface area (Å²) in [6, 6.07) is 8.71. The van der Waals surface area contributed by atoms with Crippen LogP contribution in [0.15, 0.2) is 39.3 Å². The third-order valence-corrected chi connectivity index (χ3v) is 5.45. The van der Waals surface area contributed by atoms with Crippen LogP contribution in [-0.2, 0) is 6.54 Å². The fourth-order valence-electron chi connectivity index (χ4n) is 3.46. The summed E-state index contributed by atoms with van der Waals surface area (Å²) in [7, 11) is 0. The lowest BCUT2D eigenvalue weighted by atomic mass is 10.1. The van der Waals surface area contributed by atoms with E-state index in [9.17, 15) is 20.0 Å². The highest BCUT2D eigenvalue weighted by Crippen LogP contribution is 2.32. The number of amides is 1. The standard InChI is InChI=1S/C25H33N5O3/c1-5-8-15-29(16-9-6-2)23(31)19-10-12-20(13-11-19)27-28-22-18(4)21(17-26)24(32)30(14-7-3)25(22)33/h10-13,33H,5-9,14-16H2,1-4H3/b28-27+. The fourth-order valence-corrected chi connectivity index (χ4v) is 3.46. The lowest BCUT2D eigenvalue weighted by Crippen LogP contribution is -2.32. The summed E-state index contributed by atoms with van der Waals surface area (Å²) < 4.78 is 1.14. The van der Waals surface area contributed by atoms with Crippen molar-refractivity contribution in [2.75, 3.05) is 13.1 Å². The molecule has 0 aliphatic carbocycles. The van der Waals surface area contributed by atoms with Gasteiger partial charge in [0.25, 0.3) is 11.5 Å². The minimum absolute atomic E-state index is 0.000758. The van der Waals surface area contributed by atoms with Gasteiger partial charge in [0, 0.05) is 30.8 Å². The summed E-state index contributed by atoms with van der Waals surface area (Å²) in [6.45, 7) is 9.39. The number of aromatic hydroxyl groups is 1. The van der Waals surface area contributed by atoms with Crippen molar-refractivity contribution in [1.82, 2.24) is 9.47 Å². The Labute approximate surface area is 195 Å². The van der Waals surface area contributed by atoms with Crippen molar-refractivity contribution >= 4 is 17.3 Å². The van der Waals surface area contributed by atoms with Crippen molar-refractivity contribution in [2.45, 2.75) is 66.3 Å². The summed E-state index contributed by atoms with van der Waals surface area (Å²) in [5, 5.41) is 28.2. The molecule has 8 heteroatoms. The van der Waals surface area contributed by atoms with E-state index in [0.717, 1.165) is 43.3 Å². The van der Waals surface area contributed by atoms with E-state index in [2.05, 4.69) is 24.1 Å². The number of carbonyl (C=O) groups is 1. The molecule has 0 radical (unpaired) electrons. The lowest BCUT2D eigenvalue weighted by molar-refractivity contribution is 0.0751. The van der Waals surface area contributed by atoms with Crippen molar-refractivity contribution in [3.05, 3.63) is 51.3 Å². The zero-order valence-electron chi connectivity index (χ0n) is 20.0. The summed E-state index contributed by atoms with van der Waals surface area (Å²) >= 11 is 0. The van der Waals surface area contributed by atoms with Crippen LogP contribution >= 0.6 is 0 Å². The van der Waals surface area contributed by atoms with Gasteiger partial charge in [0.15, 0.2) is 5.69 Å². The molecule has 0 fully saturated rings. The first-order valence-electron chi connectivity index (χ1n) is 11.6. The molecule has 0 aliphatic heterocycles. The van der Waals surface area contributed by atoms with Crippen LogP contribution in [0.3, 0.4) is 0 Å². The second-order valence-electron chi connectivity index (χ2n) is 7.99. The maximum absolute atomic E-state index is 12.9. The maximum Gasteiger partial charge on any atom is 0.271 e. The predicted octanol–water partition coefficient (Wildman–Crippen LogP) is 5.60. The summed E-state index contributed by atoms with van der Waals surface area (Å²) in [5.41, 5.74) is 0.854. The molecule has 0 unspecified atom stereocenters. The van der Waals surface area contributed by atoms with E-state index in [1.165, 1.54) is 0 Å². The Bertz CT molecular complexity index is 1070. The summed E-state index contributed by atoms with van der Waals surface area (Å²) in [5.74, 6) is -0.310. The molecule has 1 N–H and O–H groups in total. The zero-order chi connectivity index (χ0) is 24.4. The average molecular weight is 452 g/mol. The smallest absolute Gasteiger partial charge is 0.271 e. The fraction of sp³-hybridized carbons (Fsp3) is 0.480. The van der Waals surface area contributed by atoms with Gasteiger partial charge in [0.05, 0.1) is 5.69 Å². The highest BCUT2D eigenvalue weighted by Gasteiger charge is 2.19. The van der Waals surface area contributed by atoms with Gasteiger partial charge in [-0.15, -0.1) is 5.11 Å². The Balaban J connectivity index is 2.30. The SMILES string of the molecule is CCCCN(CCCC)C(=O)c1ccc(/N=N/c2c(C)c(C#N)c(=O)n(CCC)c2O)cc1. The largest absolute Gasteiger partial charge is 0.493 e. The number of pyridine rings is 1. The van der Waals surface area contributed by atoms with Crippen LogP contribution in [0, 0.1) is 18.3 Å². The topological polar surface area (TPSA) is 111 Å². The first kappa shape index (κ1) is 25.8. The van der Waals surface area contributed by atoms with E-state index in [1.54, 1.807) is 31.2 Å². The van der Waals surface area contributed by atoms with Crippen molar-refractivity contribution in [3.63, 3.8) is 0 Å². The molecule has 1 aromatic carbocycles. The molecular formula is C25H33N5O3. The highest BCUT2D eigenvalue weighted by molar-refractivity contribution is 5.94. The molecule has 0 bridgehead atoms. The van der Waals surface area contributed by atoms with E-state index < -0.39 is 5.56 Å². The zero-order valence-corrected chi connectivity index (χ0v) is 20.0. The van der Waals surface area contributed by atoms with E-state index in [1.807, 2.05) is 17.9 Å². The number of hydrogen-bond donors (Lipinski definition) is 1. The Hall–Kier alpha value is -3.47. The van der Waals surface area contributed by atoms with Crippen LogP contribution in [-0.4, -0.2) is 33.6 Å². The van der Waals surface area contributed by atoms with Gasteiger partial charge in [-0.2, -0.15) is 10.4 Å². The Morgan fingerprint density at radius 1 is 1.06 bits per heavy atom. The maximum atomic E-state index is 12.9. The Morgan fingerprint density at radius 3 is 2.18 bits per heavy atom. The third kappa shape index (κ3) is 6.28. The van der Waals surface area contributed by atoms with Crippen molar-refractivity contribution in [1.29, 1.82) is 5.26 Å². The first-order chi connectivity index (χ1) is 15.9. The van der Waals surface area contributed by atoms with Gasteiger partial charge in [-0.1, -0.05) is 33.6 Å². The number of unbranched alkanes of at least 4 members (excludes halogenated alkanes) is 2. The van der Waals surface area contributed by atoms with Crippen molar-refractivity contribution in [3.8, 4) is 11.9 Å². The van der Waals surface area contributed by atoms with E-state index in [-0.39, 0.29) is 35.1 Å². The third-order valence-electron chi connectivity index (χ3n) is 5.45. The second-order valence-corrected chi connectivity index (χ2v) is 7.99. The van der Waals surface area contributed by atoms with Crippen LogP contribution in [0.1, 0.15) is 74.4 Å². The van der Waals surface area contributed by atoms with Crippen LogP contribution in [0.5, 0.6) is 5.88 Å². The normalized spacial score (nSPS) is 11.0. The molecule has 0 atom stereocenters. The van der Waals surface area contributed by atoms with Gasteiger partial charge in [0.1, 0.15) is 11.6 Å². The van der Waals surface area contributed by atoms with Gasteiger partial charge < -0.3 is 10.0 Å². The Kier molecular flexibility index (Phi) is 9.80. The molecule has 33 heavy (non-hydrogen) atoms. The van der Waals surface area contributed by atoms with Crippen LogP contribution in [0.25, 0.3) is 0 Å². The Morgan fingerprint density at radius 2 is 1.67 bits per heavy atom. The number of rotatable bonds is 11. The minimum Gasteiger partial charge on any atom is -0.493 e. The molecule has 2 aromatic rings. The quantitative estimate of drug-likeness (QED) is 0.448. The van der Waals surface area contributed by atoms with Crippen molar-refractivity contribution < 1.29 is 9.90 Å². The molecule has 0 saturated carbocycles. The van der Waals surface area contributed by atoms with Crippen molar-refractivity contribution in [2.24, 2.45) is 10.2 Å².